The van der Waals surface area contributed by atoms with Gasteiger partial charge in [0.25, 0.3) is 0 Å². The number of nitrogens with one attached hydrogen (secondary N) is 1. The number of halogens is 3. The topological polar surface area (TPSA) is 55.8 Å². The number of aliphatic hydroxyl groups excluding tert-OH is 1. The Balaban J connectivity index is 1.06. The molecule has 2 fully saturated rings. The molecule has 1 aromatic rings. The van der Waals surface area contributed by atoms with Gasteiger partial charge in [0.2, 0.25) is 5.91 Å². The van der Waals surface area contributed by atoms with E-state index < -0.39 is 23.7 Å². The zero-order valence-electron chi connectivity index (χ0n) is 20.4. The molecule has 1 spiro atoms. The summed E-state index contributed by atoms with van der Waals surface area (Å²) in [5, 5.41) is 14.3. The van der Waals surface area contributed by atoms with Crippen molar-refractivity contribution in [2.45, 2.75) is 43.6 Å². The van der Waals surface area contributed by atoms with Gasteiger partial charge in [-0.15, -0.1) is 0 Å². The number of benzene rings is 1. The molecule has 2 saturated heterocycles. The molecule has 3 aliphatic heterocycles. The number of nitrogens with zero attached hydrogens (tertiary/aromatic N) is 2. The lowest BCUT2D eigenvalue weighted by molar-refractivity contribution is -0.128. The van der Waals surface area contributed by atoms with E-state index in [-0.39, 0.29) is 29.5 Å². The van der Waals surface area contributed by atoms with Gasteiger partial charge in [-0.2, -0.15) is 0 Å². The minimum atomic E-state index is -0.611. The van der Waals surface area contributed by atoms with Crippen LogP contribution in [0.15, 0.2) is 54.2 Å². The van der Waals surface area contributed by atoms with Gasteiger partial charge in [-0.25, -0.2) is 13.2 Å². The molecular weight excluding hydrogens is 467 g/mol. The fourth-order valence-electron chi connectivity index (χ4n) is 6.19. The fraction of sp³-hybridized carbons (Fsp3) is 0.536. The monoisotopic (exact) mass is 501 g/mol. The molecule has 3 heterocycles. The summed E-state index contributed by atoms with van der Waals surface area (Å²) in [4.78, 5) is 16.6. The number of aliphatic hydroxyl groups is 1. The molecule has 5 rings (SSSR count). The molecule has 8 heteroatoms. The Morgan fingerprint density at radius 1 is 1.17 bits per heavy atom. The lowest BCUT2D eigenvalue weighted by atomic mass is 9.74. The average Bonchev–Trinajstić information content (AvgIpc) is 3.20. The summed E-state index contributed by atoms with van der Waals surface area (Å²) in [6.07, 6.45) is 8.22. The first kappa shape index (κ1) is 25.1. The van der Waals surface area contributed by atoms with Crippen molar-refractivity contribution in [2.24, 2.45) is 11.8 Å². The van der Waals surface area contributed by atoms with Crippen molar-refractivity contribution in [3.05, 3.63) is 65.5 Å². The fourth-order valence-corrected chi connectivity index (χ4v) is 6.19. The molecule has 0 saturated carbocycles. The first-order chi connectivity index (χ1) is 17.3. The molecular formula is C28H34F3N3O2. The Hall–Kier alpha value is -2.58. The third-order valence-electron chi connectivity index (χ3n) is 8.41. The van der Waals surface area contributed by atoms with Crippen LogP contribution >= 0.6 is 0 Å². The number of anilines is 1. The van der Waals surface area contributed by atoms with Gasteiger partial charge < -0.3 is 20.2 Å². The smallest absolute Gasteiger partial charge is 0.246 e. The van der Waals surface area contributed by atoms with E-state index in [0.29, 0.717) is 19.6 Å². The van der Waals surface area contributed by atoms with Gasteiger partial charge in [-0.05, 0) is 74.5 Å². The number of hydrogen-bond donors (Lipinski definition) is 2. The summed E-state index contributed by atoms with van der Waals surface area (Å²) in [6, 6.07) is 5.04. The van der Waals surface area contributed by atoms with Crippen LogP contribution in [0.3, 0.4) is 0 Å². The zero-order chi connectivity index (χ0) is 25.3. The number of hydrogen-bond acceptors (Lipinski definition) is 4. The highest BCUT2D eigenvalue weighted by molar-refractivity contribution is 5.87. The van der Waals surface area contributed by atoms with Gasteiger partial charge >= 0.3 is 0 Å². The number of β-amino-alcohol motifs (C(OH)–C–C–N with tert-alkyl or cyclic N) is 1. The molecule has 0 bridgehead atoms. The number of amides is 1. The maximum atomic E-state index is 13.6. The molecule has 1 aromatic carbocycles. The van der Waals surface area contributed by atoms with Crippen LogP contribution in [-0.4, -0.2) is 66.2 Å². The number of fused-ring (bicyclic) bond motifs is 2. The van der Waals surface area contributed by atoms with Crippen LogP contribution in [0.4, 0.5) is 18.9 Å². The highest BCUT2D eigenvalue weighted by Gasteiger charge is 2.42. The van der Waals surface area contributed by atoms with E-state index in [2.05, 4.69) is 10.2 Å². The van der Waals surface area contributed by atoms with Gasteiger partial charge in [-0.1, -0.05) is 12.1 Å². The second-order valence-electron chi connectivity index (χ2n) is 10.7. The maximum absolute atomic E-state index is 13.6. The SMILES string of the molecule is O=C(/C=C/C1C=C(F)C=C(F)C1)N1CCC(C(O)CN2CCC3(CC2)CNc2cc(F)ccc23)CC1. The van der Waals surface area contributed by atoms with Gasteiger partial charge in [0.1, 0.15) is 17.5 Å². The summed E-state index contributed by atoms with van der Waals surface area (Å²) < 4.78 is 40.4. The molecule has 1 aliphatic carbocycles. The summed E-state index contributed by atoms with van der Waals surface area (Å²) >= 11 is 0. The van der Waals surface area contributed by atoms with Crippen molar-refractivity contribution < 1.29 is 23.1 Å². The molecule has 2 atom stereocenters. The lowest BCUT2D eigenvalue weighted by Crippen LogP contribution is -2.48. The maximum Gasteiger partial charge on any atom is 0.246 e. The normalized spacial score (nSPS) is 25.4. The predicted molar refractivity (Wildman–Crippen MR) is 133 cm³/mol. The largest absolute Gasteiger partial charge is 0.392 e. The van der Waals surface area contributed by atoms with Crippen LogP contribution in [0.5, 0.6) is 0 Å². The molecule has 194 valence electrons. The van der Waals surface area contributed by atoms with Crippen molar-refractivity contribution in [3.8, 4) is 0 Å². The molecule has 5 nitrogen and oxygen atoms in total. The van der Waals surface area contributed by atoms with Crippen LogP contribution in [0, 0.1) is 17.7 Å². The van der Waals surface area contributed by atoms with Gasteiger partial charge in [-0.3, -0.25) is 4.79 Å². The molecule has 4 aliphatic rings. The number of allylic oxidation sites excluding steroid dienone is 5. The van der Waals surface area contributed by atoms with Crippen molar-refractivity contribution in [3.63, 3.8) is 0 Å². The number of carbonyl (C=O) groups excluding carboxylic acids is 1. The van der Waals surface area contributed by atoms with Crippen molar-refractivity contribution >= 4 is 11.6 Å². The minimum Gasteiger partial charge on any atom is -0.392 e. The van der Waals surface area contributed by atoms with E-state index >= 15 is 0 Å². The predicted octanol–water partition coefficient (Wildman–Crippen LogP) is 4.47. The highest BCUT2D eigenvalue weighted by Crippen LogP contribution is 2.44. The molecule has 1 amide bonds. The third kappa shape index (κ3) is 5.39. The van der Waals surface area contributed by atoms with Crippen LogP contribution in [0.1, 0.15) is 37.7 Å². The van der Waals surface area contributed by atoms with E-state index in [9.17, 15) is 23.1 Å². The Morgan fingerprint density at radius 3 is 2.64 bits per heavy atom. The van der Waals surface area contributed by atoms with Gasteiger partial charge in [0.15, 0.2) is 0 Å². The molecule has 0 aromatic heterocycles. The number of carbonyl (C=O) groups is 1. The number of rotatable bonds is 5. The first-order valence-corrected chi connectivity index (χ1v) is 13.0. The average molecular weight is 502 g/mol. The standard InChI is InChI=1S/C28H34F3N3O2/c29-21-2-3-24-25(16-21)32-18-28(24)7-11-33(12-8-28)17-26(35)20-5-9-34(10-6-20)27(36)4-1-19-13-22(30)15-23(31)14-19/h1-4,13,15-16,19-20,26,32,35H,5-12,14,17-18H2/b4-1+. The lowest BCUT2D eigenvalue weighted by Gasteiger charge is -2.41. The molecule has 2 N–H and O–H groups in total. The Bertz CT molecular complexity index is 1070. The van der Waals surface area contributed by atoms with E-state index in [1.54, 1.807) is 23.1 Å². The Morgan fingerprint density at radius 2 is 1.92 bits per heavy atom. The summed E-state index contributed by atoms with van der Waals surface area (Å²) in [5.74, 6) is -1.81. The van der Waals surface area contributed by atoms with E-state index in [4.69, 9.17) is 0 Å². The Labute approximate surface area is 210 Å². The van der Waals surface area contributed by atoms with Crippen molar-refractivity contribution in [1.82, 2.24) is 9.80 Å². The second-order valence-corrected chi connectivity index (χ2v) is 10.7. The summed E-state index contributed by atoms with van der Waals surface area (Å²) in [6.45, 7) is 4.37. The zero-order valence-corrected chi connectivity index (χ0v) is 20.4. The molecule has 0 radical (unpaired) electrons. The molecule has 2 unspecified atom stereocenters. The number of piperidine rings is 2. The van der Waals surface area contributed by atoms with Crippen LogP contribution in [-0.2, 0) is 10.2 Å². The van der Waals surface area contributed by atoms with E-state index in [1.165, 1.54) is 17.7 Å². The number of likely N-dealkylation sites (tertiary alicyclic amines) is 2. The van der Waals surface area contributed by atoms with Crippen LogP contribution < -0.4 is 5.32 Å². The van der Waals surface area contributed by atoms with Crippen molar-refractivity contribution in [1.29, 1.82) is 0 Å². The Kier molecular flexibility index (Phi) is 7.26. The quantitative estimate of drug-likeness (QED) is 0.585. The first-order valence-electron chi connectivity index (χ1n) is 13.0. The van der Waals surface area contributed by atoms with Gasteiger partial charge in [0, 0.05) is 55.7 Å². The van der Waals surface area contributed by atoms with Gasteiger partial charge in [0.05, 0.1) is 6.10 Å². The second kappa shape index (κ2) is 10.4. The van der Waals surface area contributed by atoms with Crippen LogP contribution in [0.25, 0.3) is 0 Å². The van der Waals surface area contributed by atoms with E-state index in [1.807, 2.05) is 6.07 Å². The summed E-state index contributed by atoms with van der Waals surface area (Å²) in [7, 11) is 0. The highest BCUT2D eigenvalue weighted by atomic mass is 19.1. The van der Waals surface area contributed by atoms with Crippen LogP contribution in [0.2, 0.25) is 0 Å². The minimum absolute atomic E-state index is 0.0466. The van der Waals surface area contributed by atoms with Crippen molar-refractivity contribution in [2.75, 3.05) is 44.6 Å². The molecule has 36 heavy (non-hydrogen) atoms. The third-order valence-corrected chi connectivity index (χ3v) is 8.41. The summed E-state index contributed by atoms with van der Waals surface area (Å²) in [5.41, 5.74) is 2.16. The van der Waals surface area contributed by atoms with E-state index in [0.717, 1.165) is 57.1 Å².